The first kappa shape index (κ1) is 16.5. The highest BCUT2D eigenvalue weighted by Crippen LogP contribution is 2.39. The molecule has 3 rings (SSSR count). The molecule has 126 valence electrons. The van der Waals surface area contributed by atoms with Crippen LogP contribution >= 0.6 is 11.3 Å². The Hall–Kier alpha value is -1.36. The number of carbonyl (C=O) groups is 2. The molecule has 2 fully saturated rings. The summed E-state index contributed by atoms with van der Waals surface area (Å²) in [6.07, 6.45) is 2.35. The summed E-state index contributed by atoms with van der Waals surface area (Å²) in [5.41, 5.74) is 0. The molecule has 1 aromatic rings. The van der Waals surface area contributed by atoms with Crippen LogP contribution in [0, 0.1) is 17.8 Å². The summed E-state index contributed by atoms with van der Waals surface area (Å²) in [7, 11) is 1.84. The number of likely N-dealkylation sites (tertiary alicyclic amines) is 2. The molecule has 3 heterocycles. The number of thiophene rings is 1. The molecule has 5 heteroatoms. The first-order valence-electron chi connectivity index (χ1n) is 8.55. The molecule has 0 spiro atoms. The maximum absolute atomic E-state index is 13.2. The molecule has 0 radical (unpaired) electrons. The fourth-order valence-electron chi connectivity index (χ4n) is 4.22. The molecule has 2 aliphatic heterocycles. The molecule has 0 unspecified atom stereocenters. The molecule has 2 amide bonds. The van der Waals surface area contributed by atoms with Crippen molar-refractivity contribution in [2.24, 2.45) is 17.8 Å². The van der Waals surface area contributed by atoms with E-state index in [4.69, 9.17) is 0 Å². The Morgan fingerprint density at radius 3 is 2.57 bits per heavy atom. The molecule has 4 nitrogen and oxygen atoms in total. The Kier molecular flexibility index (Phi) is 4.76. The number of rotatable bonds is 2. The highest BCUT2D eigenvalue weighted by atomic mass is 32.1. The average molecular weight is 334 g/mol. The summed E-state index contributed by atoms with van der Waals surface area (Å²) in [6.45, 7) is 6.16. The van der Waals surface area contributed by atoms with Crippen LogP contribution in [0.1, 0.15) is 44.0 Å². The summed E-state index contributed by atoms with van der Waals surface area (Å²) in [4.78, 5) is 30.3. The molecular weight excluding hydrogens is 308 g/mol. The minimum atomic E-state index is -0.103. The van der Waals surface area contributed by atoms with Crippen molar-refractivity contribution in [2.75, 3.05) is 20.1 Å². The lowest BCUT2D eigenvalue weighted by molar-refractivity contribution is -0.148. The quantitative estimate of drug-likeness (QED) is 0.833. The van der Waals surface area contributed by atoms with Crippen molar-refractivity contribution in [2.45, 2.75) is 39.2 Å². The van der Waals surface area contributed by atoms with Gasteiger partial charge >= 0.3 is 0 Å². The lowest BCUT2D eigenvalue weighted by Crippen LogP contribution is -2.50. The van der Waals surface area contributed by atoms with E-state index in [2.05, 4.69) is 13.8 Å². The SMILES string of the molecule is C[C@@H]1C[C@H](C)CN(C(=O)[C@H]2CCC(=O)N(C)[C@H]2c2cccs2)C1. The third-order valence-corrected chi connectivity index (χ3v) is 6.14. The maximum atomic E-state index is 13.2. The highest BCUT2D eigenvalue weighted by molar-refractivity contribution is 7.10. The van der Waals surface area contributed by atoms with Crippen molar-refractivity contribution in [3.8, 4) is 0 Å². The summed E-state index contributed by atoms with van der Waals surface area (Å²) in [5.74, 6) is 1.40. The summed E-state index contributed by atoms with van der Waals surface area (Å²) >= 11 is 1.64. The van der Waals surface area contributed by atoms with Gasteiger partial charge in [0.25, 0.3) is 0 Å². The van der Waals surface area contributed by atoms with Crippen molar-refractivity contribution in [3.05, 3.63) is 22.4 Å². The fourth-order valence-corrected chi connectivity index (χ4v) is 5.16. The molecule has 2 saturated heterocycles. The van der Waals surface area contributed by atoms with Crippen LogP contribution in [-0.2, 0) is 9.59 Å². The zero-order valence-corrected chi connectivity index (χ0v) is 15.0. The van der Waals surface area contributed by atoms with Crippen LogP contribution in [0.25, 0.3) is 0 Å². The van der Waals surface area contributed by atoms with E-state index in [1.165, 1.54) is 6.42 Å². The van der Waals surface area contributed by atoms with Gasteiger partial charge in [-0.15, -0.1) is 11.3 Å². The lowest BCUT2D eigenvalue weighted by Gasteiger charge is -2.42. The summed E-state index contributed by atoms with van der Waals surface area (Å²) < 4.78 is 0. The molecule has 4 atom stereocenters. The van der Waals surface area contributed by atoms with Crippen LogP contribution in [0.15, 0.2) is 17.5 Å². The van der Waals surface area contributed by atoms with E-state index in [0.717, 1.165) is 18.0 Å². The average Bonchev–Trinajstić information content (AvgIpc) is 3.02. The van der Waals surface area contributed by atoms with Gasteiger partial charge in [-0.25, -0.2) is 0 Å². The van der Waals surface area contributed by atoms with E-state index in [9.17, 15) is 9.59 Å². The van der Waals surface area contributed by atoms with Gasteiger partial charge in [-0.1, -0.05) is 19.9 Å². The summed E-state index contributed by atoms with van der Waals surface area (Å²) in [6, 6.07) is 3.95. The number of piperidine rings is 2. The van der Waals surface area contributed by atoms with Gasteiger partial charge in [-0.05, 0) is 36.1 Å². The van der Waals surface area contributed by atoms with E-state index in [-0.39, 0.29) is 23.8 Å². The zero-order chi connectivity index (χ0) is 16.6. The van der Waals surface area contributed by atoms with Gasteiger partial charge in [0, 0.05) is 31.4 Å². The largest absolute Gasteiger partial charge is 0.342 e. The van der Waals surface area contributed by atoms with Crippen molar-refractivity contribution < 1.29 is 9.59 Å². The second-order valence-electron chi connectivity index (χ2n) is 7.30. The number of hydrogen-bond acceptors (Lipinski definition) is 3. The zero-order valence-electron chi connectivity index (χ0n) is 14.2. The third kappa shape index (κ3) is 3.30. The molecule has 2 aliphatic rings. The number of amides is 2. The van der Waals surface area contributed by atoms with Crippen molar-refractivity contribution >= 4 is 23.2 Å². The molecule has 0 N–H and O–H groups in total. The Labute approximate surface area is 142 Å². The Morgan fingerprint density at radius 1 is 1.26 bits per heavy atom. The molecule has 0 bridgehead atoms. The van der Waals surface area contributed by atoms with Crippen LogP contribution in [0.4, 0.5) is 0 Å². The Morgan fingerprint density at radius 2 is 1.96 bits per heavy atom. The normalized spacial score (nSPS) is 32.2. The van der Waals surface area contributed by atoms with E-state index in [0.29, 0.717) is 24.7 Å². The smallest absolute Gasteiger partial charge is 0.228 e. The van der Waals surface area contributed by atoms with Crippen molar-refractivity contribution in [1.29, 1.82) is 0 Å². The minimum Gasteiger partial charge on any atom is -0.342 e. The standard InChI is InChI=1S/C18H26N2O2S/c1-12-9-13(2)11-20(10-12)18(22)14-6-7-16(21)19(3)17(14)15-5-4-8-23-15/h4-5,8,12-14,17H,6-7,9-11H2,1-3H3/t12-,13+,14-,17+/m0/s1. The van der Waals surface area contributed by atoms with Crippen LogP contribution in [0.2, 0.25) is 0 Å². The minimum absolute atomic E-state index is 0.101. The Bertz CT molecular complexity index is 562. The molecule has 0 aliphatic carbocycles. The van der Waals surface area contributed by atoms with E-state index < -0.39 is 0 Å². The second kappa shape index (κ2) is 6.63. The van der Waals surface area contributed by atoms with Crippen LogP contribution in [0.3, 0.4) is 0 Å². The van der Waals surface area contributed by atoms with Gasteiger partial charge in [0.15, 0.2) is 0 Å². The first-order valence-corrected chi connectivity index (χ1v) is 9.43. The van der Waals surface area contributed by atoms with Crippen LogP contribution in [-0.4, -0.2) is 41.8 Å². The number of hydrogen-bond donors (Lipinski definition) is 0. The predicted molar refractivity (Wildman–Crippen MR) is 92.1 cm³/mol. The molecule has 0 aromatic carbocycles. The maximum Gasteiger partial charge on any atom is 0.228 e. The fraction of sp³-hybridized carbons (Fsp3) is 0.667. The van der Waals surface area contributed by atoms with Crippen LogP contribution in [0.5, 0.6) is 0 Å². The molecule has 0 saturated carbocycles. The highest BCUT2D eigenvalue weighted by Gasteiger charge is 2.42. The van der Waals surface area contributed by atoms with Crippen molar-refractivity contribution in [1.82, 2.24) is 9.80 Å². The summed E-state index contributed by atoms with van der Waals surface area (Å²) in [5, 5.41) is 2.02. The monoisotopic (exact) mass is 334 g/mol. The van der Waals surface area contributed by atoms with Gasteiger partial charge in [-0.2, -0.15) is 0 Å². The predicted octanol–water partition coefficient (Wildman–Crippen LogP) is 3.16. The van der Waals surface area contributed by atoms with E-state index >= 15 is 0 Å². The van der Waals surface area contributed by atoms with Crippen LogP contribution < -0.4 is 0 Å². The van der Waals surface area contributed by atoms with Gasteiger partial charge in [0.1, 0.15) is 0 Å². The lowest BCUT2D eigenvalue weighted by atomic mass is 9.85. The van der Waals surface area contributed by atoms with E-state index in [1.807, 2.05) is 29.5 Å². The van der Waals surface area contributed by atoms with Gasteiger partial charge < -0.3 is 9.80 Å². The van der Waals surface area contributed by atoms with Gasteiger partial charge in [-0.3, -0.25) is 9.59 Å². The molecule has 1 aromatic heterocycles. The Balaban J connectivity index is 1.84. The second-order valence-corrected chi connectivity index (χ2v) is 8.28. The van der Waals surface area contributed by atoms with Gasteiger partial charge in [0.2, 0.25) is 11.8 Å². The third-order valence-electron chi connectivity index (χ3n) is 5.19. The molecule has 23 heavy (non-hydrogen) atoms. The number of nitrogens with zero attached hydrogens (tertiary/aromatic N) is 2. The first-order chi connectivity index (χ1) is 11.0. The topological polar surface area (TPSA) is 40.6 Å². The van der Waals surface area contributed by atoms with Gasteiger partial charge in [0.05, 0.1) is 12.0 Å². The van der Waals surface area contributed by atoms with E-state index in [1.54, 1.807) is 16.2 Å². The van der Waals surface area contributed by atoms with Crippen molar-refractivity contribution in [3.63, 3.8) is 0 Å². The molecular formula is C18H26N2O2S. The number of carbonyl (C=O) groups excluding carboxylic acids is 2.